The molecule has 0 saturated heterocycles. The van der Waals surface area contributed by atoms with Gasteiger partial charge in [-0.15, -0.1) is 5.10 Å². The van der Waals surface area contributed by atoms with Gasteiger partial charge in [0.1, 0.15) is 10.4 Å². The van der Waals surface area contributed by atoms with E-state index in [-0.39, 0.29) is 11.7 Å². The molecule has 2 heterocycles. The highest BCUT2D eigenvalue weighted by molar-refractivity contribution is 9.10. The van der Waals surface area contributed by atoms with Crippen LogP contribution in [-0.4, -0.2) is 26.1 Å². The number of halogens is 1. The number of hydrogen-bond donors (Lipinski definition) is 2. The molecular weight excluding hydrogens is 298 g/mol. The van der Waals surface area contributed by atoms with Crippen molar-refractivity contribution in [1.82, 2.24) is 20.2 Å². The van der Waals surface area contributed by atoms with Gasteiger partial charge >= 0.3 is 0 Å². The van der Waals surface area contributed by atoms with Crippen LogP contribution in [0.3, 0.4) is 0 Å². The topological polar surface area (TPSA) is 83.6 Å². The number of hydrogen-bond acceptors (Lipinski definition) is 4. The zero-order valence-corrected chi connectivity index (χ0v) is 11.6. The number of carbonyl (C=O) groups excluding carboxylic acids is 1. The van der Waals surface area contributed by atoms with Crippen LogP contribution >= 0.6 is 15.9 Å². The molecule has 0 fully saturated rings. The largest absolute Gasteiger partial charge is 0.318 e. The quantitative estimate of drug-likeness (QED) is 0.850. The molecule has 0 aliphatic carbocycles. The van der Waals surface area contributed by atoms with E-state index in [1.807, 2.05) is 19.9 Å². The number of carbonyl (C=O) groups is 1. The molecule has 2 aromatic rings. The molecule has 0 spiro atoms. The van der Waals surface area contributed by atoms with Crippen molar-refractivity contribution in [2.24, 2.45) is 0 Å². The van der Waals surface area contributed by atoms with Gasteiger partial charge in [-0.3, -0.25) is 9.89 Å². The maximum atomic E-state index is 11.8. The Morgan fingerprint density at radius 3 is 2.94 bits per heavy atom. The third-order valence-electron chi connectivity index (χ3n) is 2.34. The summed E-state index contributed by atoms with van der Waals surface area (Å²) in [5.74, 6) is 0.465. The van der Waals surface area contributed by atoms with Gasteiger partial charge in [-0.25, -0.2) is 9.97 Å². The molecule has 0 aliphatic rings. The van der Waals surface area contributed by atoms with Gasteiger partial charge in [-0.05, 0) is 34.5 Å². The second-order valence-electron chi connectivity index (χ2n) is 3.75. The number of rotatable bonds is 3. The number of amides is 1. The number of nitrogens with zero attached hydrogens (tertiary/aromatic N) is 3. The molecule has 2 aromatic heterocycles. The summed E-state index contributed by atoms with van der Waals surface area (Å²) in [6, 6.07) is 1.82. The van der Waals surface area contributed by atoms with Crippen molar-refractivity contribution in [1.29, 1.82) is 0 Å². The van der Waals surface area contributed by atoms with E-state index in [0.717, 1.165) is 10.2 Å². The molecule has 7 heteroatoms. The van der Waals surface area contributed by atoms with Crippen LogP contribution in [0.2, 0.25) is 0 Å². The molecule has 2 N–H and O–H groups in total. The smallest absolute Gasteiger partial charge is 0.295 e. The van der Waals surface area contributed by atoms with E-state index in [1.165, 1.54) is 0 Å². The van der Waals surface area contributed by atoms with Gasteiger partial charge in [0.15, 0.2) is 0 Å². The first kappa shape index (κ1) is 12.7. The van der Waals surface area contributed by atoms with E-state index in [2.05, 4.69) is 41.4 Å². The Morgan fingerprint density at radius 1 is 1.56 bits per heavy atom. The van der Waals surface area contributed by atoms with Crippen LogP contribution in [0.1, 0.15) is 28.9 Å². The Kier molecular flexibility index (Phi) is 3.71. The predicted octanol–water partition coefficient (Wildman–Crippen LogP) is 2.09. The summed E-state index contributed by atoms with van der Waals surface area (Å²) >= 11 is 3.30. The fourth-order valence-corrected chi connectivity index (χ4v) is 1.59. The summed E-state index contributed by atoms with van der Waals surface area (Å²) in [6.07, 6.45) is 2.28. The first-order valence-corrected chi connectivity index (χ1v) is 6.24. The van der Waals surface area contributed by atoms with Crippen LogP contribution in [0.4, 0.5) is 5.69 Å². The Hall–Kier alpha value is -1.76. The highest BCUT2D eigenvalue weighted by Gasteiger charge is 2.12. The zero-order valence-electron chi connectivity index (χ0n) is 9.99. The molecule has 94 valence electrons. The number of pyridine rings is 1. The van der Waals surface area contributed by atoms with Gasteiger partial charge in [0.25, 0.3) is 5.91 Å². The van der Waals surface area contributed by atoms with Crippen molar-refractivity contribution >= 4 is 27.5 Å². The number of aromatic amines is 1. The molecular formula is C11H12BrN5O. The minimum atomic E-state index is -0.352. The summed E-state index contributed by atoms with van der Waals surface area (Å²) in [7, 11) is 0. The van der Waals surface area contributed by atoms with Gasteiger partial charge in [0.05, 0.1) is 11.9 Å². The standard InChI is InChI=1S/C11H12BrN5O/c1-3-8-15-10(17-16-8)11(18)14-7-4-6(2)9(12)13-5-7/h4-5H,3H2,1-2H3,(H,14,18)(H,15,16,17). The molecule has 0 aliphatic heterocycles. The maximum absolute atomic E-state index is 11.8. The van der Waals surface area contributed by atoms with Crippen LogP contribution in [0, 0.1) is 6.92 Å². The van der Waals surface area contributed by atoms with Crippen LogP contribution in [-0.2, 0) is 6.42 Å². The second kappa shape index (κ2) is 5.26. The number of aromatic nitrogens is 4. The van der Waals surface area contributed by atoms with E-state index < -0.39 is 0 Å². The molecule has 2 rings (SSSR count). The molecule has 6 nitrogen and oxygen atoms in total. The predicted molar refractivity (Wildman–Crippen MR) is 70.4 cm³/mol. The Labute approximate surface area is 112 Å². The van der Waals surface area contributed by atoms with E-state index in [4.69, 9.17) is 0 Å². The normalized spacial score (nSPS) is 10.4. The fourth-order valence-electron chi connectivity index (χ4n) is 1.37. The molecule has 0 radical (unpaired) electrons. The maximum Gasteiger partial charge on any atom is 0.295 e. The summed E-state index contributed by atoms with van der Waals surface area (Å²) in [5.41, 5.74) is 1.56. The van der Waals surface area contributed by atoms with Crippen molar-refractivity contribution in [3.05, 3.63) is 34.1 Å². The minimum absolute atomic E-state index is 0.132. The van der Waals surface area contributed by atoms with Crippen molar-refractivity contribution in [2.75, 3.05) is 5.32 Å². The van der Waals surface area contributed by atoms with Crippen molar-refractivity contribution in [3.63, 3.8) is 0 Å². The van der Waals surface area contributed by atoms with Crippen LogP contribution in [0.25, 0.3) is 0 Å². The fraction of sp³-hybridized carbons (Fsp3) is 0.273. The third-order valence-corrected chi connectivity index (χ3v) is 3.17. The summed E-state index contributed by atoms with van der Waals surface area (Å²) in [6.45, 7) is 3.83. The zero-order chi connectivity index (χ0) is 13.1. The van der Waals surface area contributed by atoms with Gasteiger partial charge in [0.2, 0.25) is 5.82 Å². The van der Waals surface area contributed by atoms with Crippen molar-refractivity contribution in [3.8, 4) is 0 Å². The highest BCUT2D eigenvalue weighted by Crippen LogP contribution is 2.16. The summed E-state index contributed by atoms with van der Waals surface area (Å²) in [4.78, 5) is 20.0. The van der Waals surface area contributed by atoms with Gasteiger partial charge in [-0.2, -0.15) is 0 Å². The van der Waals surface area contributed by atoms with Crippen LogP contribution < -0.4 is 5.32 Å². The first-order valence-electron chi connectivity index (χ1n) is 5.45. The molecule has 18 heavy (non-hydrogen) atoms. The van der Waals surface area contributed by atoms with E-state index in [0.29, 0.717) is 17.9 Å². The third kappa shape index (κ3) is 2.73. The second-order valence-corrected chi connectivity index (χ2v) is 4.50. The Bertz CT molecular complexity index is 581. The van der Waals surface area contributed by atoms with Gasteiger partial charge < -0.3 is 5.32 Å². The molecule has 0 bridgehead atoms. The van der Waals surface area contributed by atoms with Gasteiger partial charge in [0, 0.05) is 6.42 Å². The van der Waals surface area contributed by atoms with E-state index in [1.54, 1.807) is 6.20 Å². The highest BCUT2D eigenvalue weighted by atomic mass is 79.9. The molecule has 0 atom stereocenters. The van der Waals surface area contributed by atoms with Crippen molar-refractivity contribution in [2.45, 2.75) is 20.3 Å². The van der Waals surface area contributed by atoms with Crippen LogP contribution in [0.5, 0.6) is 0 Å². The number of H-pyrrole nitrogens is 1. The molecule has 0 saturated carbocycles. The lowest BCUT2D eigenvalue weighted by Gasteiger charge is -2.04. The van der Waals surface area contributed by atoms with E-state index >= 15 is 0 Å². The number of anilines is 1. The lowest BCUT2D eigenvalue weighted by atomic mass is 10.3. The van der Waals surface area contributed by atoms with Crippen molar-refractivity contribution < 1.29 is 4.79 Å². The average Bonchev–Trinajstić information content (AvgIpc) is 2.82. The lowest BCUT2D eigenvalue weighted by Crippen LogP contribution is -2.14. The minimum Gasteiger partial charge on any atom is -0.318 e. The molecule has 0 aromatic carbocycles. The Balaban J connectivity index is 2.13. The SMILES string of the molecule is CCc1nc(C(=O)Nc2cnc(Br)c(C)c2)n[nH]1. The summed E-state index contributed by atoms with van der Waals surface area (Å²) in [5, 5.41) is 9.24. The molecule has 0 unspecified atom stereocenters. The number of nitrogens with one attached hydrogen (secondary N) is 2. The van der Waals surface area contributed by atoms with Crippen LogP contribution in [0.15, 0.2) is 16.9 Å². The lowest BCUT2D eigenvalue weighted by molar-refractivity contribution is 0.101. The number of aryl methyl sites for hydroxylation is 2. The monoisotopic (exact) mass is 309 g/mol. The molecule has 1 amide bonds. The average molecular weight is 310 g/mol. The van der Waals surface area contributed by atoms with Gasteiger partial charge in [-0.1, -0.05) is 6.92 Å². The summed E-state index contributed by atoms with van der Waals surface area (Å²) < 4.78 is 0.756. The van der Waals surface area contributed by atoms with E-state index in [9.17, 15) is 4.79 Å². The first-order chi connectivity index (χ1) is 8.60. The Morgan fingerprint density at radius 2 is 2.33 bits per heavy atom.